The molecule has 2 heteroatoms. The Balaban J connectivity index is 3.54. The first-order valence-electron chi connectivity index (χ1n) is 16.5. The van der Waals surface area contributed by atoms with Crippen LogP contribution in [0.5, 0.6) is 0 Å². The van der Waals surface area contributed by atoms with Crippen molar-refractivity contribution in [1.82, 2.24) is 0 Å². The van der Waals surface area contributed by atoms with Gasteiger partial charge in [0, 0.05) is 6.42 Å². The molecular weight excluding hydrogens is 512 g/mol. The van der Waals surface area contributed by atoms with Crippen LogP contribution in [0.1, 0.15) is 117 Å². The summed E-state index contributed by atoms with van der Waals surface area (Å²) in [6.45, 7) is 4.85. The average Bonchev–Trinajstić information content (AvgIpc) is 3.00. The first-order chi connectivity index (χ1) is 20.8. The van der Waals surface area contributed by atoms with Crippen LogP contribution in [0.15, 0.2) is 122 Å². The van der Waals surface area contributed by atoms with Crippen molar-refractivity contribution in [3.63, 3.8) is 0 Å². The minimum Gasteiger partial charge on any atom is -0.466 e. The van der Waals surface area contributed by atoms with Crippen LogP contribution in [-0.2, 0) is 9.53 Å². The Kier molecular flexibility index (Phi) is 33.2. The fraction of sp³-hybridized carbons (Fsp3) is 0.475. The van der Waals surface area contributed by atoms with Gasteiger partial charge in [-0.25, -0.2) is 0 Å². The Hall–Kier alpha value is -3.13. The highest BCUT2D eigenvalue weighted by atomic mass is 16.5. The zero-order valence-electron chi connectivity index (χ0n) is 26.9. The maximum atomic E-state index is 11.9. The summed E-state index contributed by atoms with van der Waals surface area (Å²) in [4.78, 5) is 11.9. The Labute approximate surface area is 259 Å². The van der Waals surface area contributed by atoms with E-state index in [9.17, 15) is 4.79 Å². The molecule has 0 rings (SSSR count). The van der Waals surface area contributed by atoms with Crippen molar-refractivity contribution in [2.45, 2.75) is 117 Å². The molecule has 0 saturated carbocycles. The number of carbonyl (C=O) groups is 1. The molecule has 42 heavy (non-hydrogen) atoms. The van der Waals surface area contributed by atoms with Crippen molar-refractivity contribution in [1.29, 1.82) is 0 Å². The van der Waals surface area contributed by atoms with Gasteiger partial charge in [0.2, 0.25) is 0 Å². The van der Waals surface area contributed by atoms with E-state index in [4.69, 9.17) is 4.74 Å². The number of rotatable bonds is 27. The van der Waals surface area contributed by atoms with Crippen molar-refractivity contribution in [3.8, 4) is 0 Å². The van der Waals surface area contributed by atoms with Crippen LogP contribution in [0, 0.1) is 0 Å². The number of unbranched alkanes of at least 4 members (excludes halogenated alkanes) is 3. The zero-order chi connectivity index (χ0) is 30.4. The van der Waals surface area contributed by atoms with Crippen molar-refractivity contribution in [3.05, 3.63) is 122 Å². The van der Waals surface area contributed by atoms with Crippen LogP contribution in [0.3, 0.4) is 0 Å². The summed E-state index contributed by atoms with van der Waals surface area (Å²) in [7, 11) is 0. The maximum absolute atomic E-state index is 11.9. The van der Waals surface area contributed by atoms with Gasteiger partial charge in [-0.15, -0.1) is 0 Å². The standard InChI is InChI=1S/C40H60O2/c1-3-5-7-9-11-13-15-17-19-21-23-25-27-29-31-33-35-37-39-42-40(41)38-36-34-32-30-28-26-24-22-20-18-16-14-12-10-8-6-4-2/h5-8,11-14,17-20,23-26,29-32H,3-4,9-10,15-16,21-22,27-28,33-39H2,1-2H3/b7-5-,8-6-,13-11-,14-12-,19-17-,20-18-,25-23-,26-24-,31-29-,32-30-. The van der Waals surface area contributed by atoms with Crippen LogP contribution in [0.4, 0.5) is 0 Å². The van der Waals surface area contributed by atoms with Gasteiger partial charge >= 0.3 is 5.97 Å². The van der Waals surface area contributed by atoms with Gasteiger partial charge in [-0.1, -0.05) is 135 Å². The smallest absolute Gasteiger partial charge is 0.305 e. The first kappa shape index (κ1) is 38.9. The number of allylic oxidation sites excluding steroid dienone is 20. The summed E-state index contributed by atoms with van der Waals surface area (Å²) in [5, 5.41) is 0. The highest BCUT2D eigenvalue weighted by Gasteiger charge is 2.00. The van der Waals surface area contributed by atoms with Crippen LogP contribution in [0.25, 0.3) is 0 Å². The van der Waals surface area contributed by atoms with E-state index in [0.29, 0.717) is 13.0 Å². The molecule has 0 amide bonds. The second-order valence-corrected chi connectivity index (χ2v) is 10.0. The highest BCUT2D eigenvalue weighted by molar-refractivity contribution is 5.69. The summed E-state index contributed by atoms with van der Waals surface area (Å²) in [6.07, 6.45) is 59.6. The van der Waals surface area contributed by atoms with Crippen molar-refractivity contribution < 1.29 is 9.53 Å². The van der Waals surface area contributed by atoms with Gasteiger partial charge in [0.1, 0.15) is 0 Å². The van der Waals surface area contributed by atoms with Crippen LogP contribution < -0.4 is 0 Å². The van der Waals surface area contributed by atoms with Crippen LogP contribution >= 0.6 is 0 Å². The van der Waals surface area contributed by atoms with Crippen molar-refractivity contribution >= 4 is 5.97 Å². The lowest BCUT2D eigenvalue weighted by Crippen LogP contribution is -2.05. The number of esters is 1. The Morgan fingerprint density at radius 3 is 1.07 bits per heavy atom. The predicted molar refractivity (Wildman–Crippen MR) is 188 cm³/mol. The van der Waals surface area contributed by atoms with E-state index in [-0.39, 0.29) is 5.97 Å². The molecule has 0 aliphatic rings. The van der Waals surface area contributed by atoms with E-state index in [0.717, 1.165) is 96.3 Å². The van der Waals surface area contributed by atoms with E-state index < -0.39 is 0 Å². The minimum atomic E-state index is -0.0720. The van der Waals surface area contributed by atoms with E-state index in [1.807, 2.05) is 0 Å². The van der Waals surface area contributed by atoms with E-state index >= 15 is 0 Å². The third-order valence-corrected chi connectivity index (χ3v) is 6.10. The lowest BCUT2D eigenvalue weighted by molar-refractivity contribution is -0.143. The summed E-state index contributed by atoms with van der Waals surface area (Å²) < 4.78 is 5.36. The zero-order valence-corrected chi connectivity index (χ0v) is 26.9. The minimum absolute atomic E-state index is 0.0720. The van der Waals surface area contributed by atoms with Crippen molar-refractivity contribution in [2.75, 3.05) is 6.61 Å². The topological polar surface area (TPSA) is 26.3 Å². The average molecular weight is 573 g/mol. The SMILES string of the molecule is CC/C=C\C/C=C\C/C=C\C/C=C\C/C=C\CCCCOC(=O)CCC/C=C\C/C=C\C/C=C\C/C=C\C/C=C\CC. The molecule has 0 fully saturated rings. The Bertz CT molecular complexity index is 887. The van der Waals surface area contributed by atoms with Gasteiger partial charge in [-0.2, -0.15) is 0 Å². The number of hydrogen-bond acceptors (Lipinski definition) is 2. The molecule has 0 aliphatic heterocycles. The molecule has 0 N–H and O–H groups in total. The fourth-order valence-electron chi connectivity index (χ4n) is 3.72. The fourth-order valence-corrected chi connectivity index (χ4v) is 3.72. The van der Waals surface area contributed by atoms with Gasteiger partial charge in [0.25, 0.3) is 0 Å². The van der Waals surface area contributed by atoms with Gasteiger partial charge in [0.05, 0.1) is 6.61 Å². The molecule has 0 radical (unpaired) electrons. The van der Waals surface area contributed by atoms with Crippen LogP contribution in [-0.4, -0.2) is 12.6 Å². The third kappa shape index (κ3) is 34.9. The molecule has 2 nitrogen and oxygen atoms in total. The molecule has 0 spiro atoms. The molecular formula is C40H60O2. The highest BCUT2D eigenvalue weighted by Crippen LogP contribution is 2.04. The molecule has 0 aromatic carbocycles. The van der Waals surface area contributed by atoms with Gasteiger partial charge in [-0.05, 0) is 96.3 Å². The molecule has 0 aromatic heterocycles. The molecule has 232 valence electrons. The Morgan fingerprint density at radius 1 is 0.405 bits per heavy atom. The molecule has 0 heterocycles. The third-order valence-electron chi connectivity index (χ3n) is 6.10. The maximum Gasteiger partial charge on any atom is 0.305 e. The molecule has 0 saturated heterocycles. The summed E-state index contributed by atoms with van der Waals surface area (Å²) in [6, 6.07) is 0. The lowest BCUT2D eigenvalue weighted by atomic mass is 10.2. The monoisotopic (exact) mass is 572 g/mol. The van der Waals surface area contributed by atoms with E-state index in [1.54, 1.807) is 0 Å². The summed E-state index contributed by atoms with van der Waals surface area (Å²) >= 11 is 0. The first-order valence-corrected chi connectivity index (χ1v) is 16.5. The molecule has 0 aromatic rings. The molecule has 0 unspecified atom stereocenters. The normalized spacial score (nSPS) is 13.3. The van der Waals surface area contributed by atoms with E-state index in [1.165, 1.54) is 0 Å². The summed E-state index contributed by atoms with van der Waals surface area (Å²) in [5.41, 5.74) is 0. The van der Waals surface area contributed by atoms with Crippen molar-refractivity contribution in [2.24, 2.45) is 0 Å². The second-order valence-electron chi connectivity index (χ2n) is 10.0. The summed E-state index contributed by atoms with van der Waals surface area (Å²) in [5.74, 6) is -0.0720. The van der Waals surface area contributed by atoms with Gasteiger partial charge < -0.3 is 4.74 Å². The van der Waals surface area contributed by atoms with Gasteiger partial charge in [0.15, 0.2) is 0 Å². The molecule has 0 bridgehead atoms. The number of ether oxygens (including phenoxy) is 1. The van der Waals surface area contributed by atoms with Crippen LogP contribution in [0.2, 0.25) is 0 Å². The number of carbonyl (C=O) groups excluding carboxylic acids is 1. The lowest BCUT2D eigenvalue weighted by Gasteiger charge is -2.03. The Morgan fingerprint density at radius 2 is 0.714 bits per heavy atom. The molecule has 0 atom stereocenters. The largest absolute Gasteiger partial charge is 0.466 e. The quantitative estimate of drug-likeness (QED) is 0.0556. The second kappa shape index (κ2) is 35.9. The number of hydrogen-bond donors (Lipinski definition) is 0. The van der Waals surface area contributed by atoms with E-state index in [2.05, 4.69) is 135 Å². The van der Waals surface area contributed by atoms with Gasteiger partial charge in [-0.3, -0.25) is 4.79 Å². The predicted octanol–water partition coefficient (Wildman–Crippen LogP) is 12.4. The molecule has 0 aliphatic carbocycles.